The third-order valence-electron chi connectivity index (χ3n) is 3.35. The molecular weight excluding hydrogens is 349 g/mol. The van der Waals surface area contributed by atoms with Gasteiger partial charge in [-0.3, -0.25) is 9.67 Å². The third kappa shape index (κ3) is 4.11. The molecule has 0 aliphatic carbocycles. The Morgan fingerprint density at radius 3 is 2.80 bits per heavy atom. The van der Waals surface area contributed by atoms with Crippen LogP contribution in [0.1, 0.15) is 0 Å². The van der Waals surface area contributed by atoms with E-state index in [4.69, 9.17) is 27.2 Å². The van der Waals surface area contributed by atoms with Crippen LogP contribution in [-0.4, -0.2) is 37.5 Å². The predicted octanol–water partition coefficient (Wildman–Crippen LogP) is 2.24. The lowest BCUT2D eigenvalue weighted by molar-refractivity contribution is 0.251. The minimum atomic E-state index is -0.660. The number of hydrogen-bond donors (Lipinski definition) is 2. The molecule has 7 nitrogen and oxygen atoms in total. The highest BCUT2D eigenvalue weighted by molar-refractivity contribution is 6.30. The molecule has 0 saturated heterocycles. The molecule has 3 aromatic rings. The Kier molecular flexibility index (Phi) is 5.22. The Balaban J connectivity index is 1.78. The van der Waals surface area contributed by atoms with E-state index in [0.717, 1.165) is 11.8 Å². The molecule has 0 aromatic carbocycles. The molecule has 0 bridgehead atoms. The lowest BCUT2D eigenvalue weighted by Crippen LogP contribution is -2.30. The molecule has 0 saturated carbocycles. The average Bonchev–Trinajstić information content (AvgIpc) is 3.06. The first-order valence-electron chi connectivity index (χ1n) is 7.40. The number of aliphatic hydroxyl groups is 1. The first kappa shape index (κ1) is 17.3. The van der Waals surface area contributed by atoms with E-state index in [1.54, 1.807) is 29.1 Å². The zero-order chi connectivity index (χ0) is 17.8. The number of hydrogen-bond acceptors (Lipinski definition) is 6. The lowest BCUT2D eigenvalue weighted by atomic mass is 10.2. The van der Waals surface area contributed by atoms with Gasteiger partial charge in [0.25, 0.3) is 5.88 Å². The number of pyridine rings is 2. The smallest absolute Gasteiger partial charge is 0.256 e. The lowest BCUT2D eigenvalue weighted by Gasteiger charge is -2.11. The fourth-order valence-electron chi connectivity index (χ4n) is 2.16. The van der Waals surface area contributed by atoms with Crippen LogP contribution >= 0.6 is 11.6 Å². The van der Waals surface area contributed by atoms with Crippen LogP contribution in [0.2, 0.25) is 5.02 Å². The highest BCUT2D eigenvalue weighted by Gasteiger charge is 2.11. The SMILES string of the molecule is NC(CO)Cn1nccc1-c1ccc(Oc2ncc(Cl)cc2F)cn1. The van der Waals surface area contributed by atoms with E-state index in [2.05, 4.69) is 15.1 Å². The van der Waals surface area contributed by atoms with Gasteiger partial charge in [-0.15, -0.1) is 0 Å². The summed E-state index contributed by atoms with van der Waals surface area (Å²) < 4.78 is 20.7. The molecule has 0 aliphatic heterocycles. The van der Waals surface area contributed by atoms with Crippen LogP contribution in [0.5, 0.6) is 11.6 Å². The molecule has 130 valence electrons. The van der Waals surface area contributed by atoms with Crippen molar-refractivity contribution in [3.8, 4) is 23.0 Å². The van der Waals surface area contributed by atoms with Crippen molar-refractivity contribution in [1.82, 2.24) is 19.7 Å². The zero-order valence-corrected chi connectivity index (χ0v) is 13.8. The molecule has 0 aliphatic rings. The van der Waals surface area contributed by atoms with E-state index in [-0.39, 0.29) is 17.5 Å². The van der Waals surface area contributed by atoms with E-state index >= 15 is 0 Å². The maximum Gasteiger partial charge on any atom is 0.256 e. The average molecular weight is 364 g/mol. The molecule has 9 heteroatoms. The van der Waals surface area contributed by atoms with Gasteiger partial charge in [-0.05, 0) is 24.3 Å². The summed E-state index contributed by atoms with van der Waals surface area (Å²) in [5.74, 6) is -0.513. The molecule has 1 unspecified atom stereocenters. The van der Waals surface area contributed by atoms with Crippen molar-refractivity contribution in [3.05, 3.63) is 53.7 Å². The van der Waals surface area contributed by atoms with Gasteiger partial charge >= 0.3 is 0 Å². The second-order valence-electron chi connectivity index (χ2n) is 5.26. The molecule has 25 heavy (non-hydrogen) atoms. The topological polar surface area (TPSA) is 99.1 Å². The van der Waals surface area contributed by atoms with E-state index in [0.29, 0.717) is 18.0 Å². The maximum atomic E-state index is 13.7. The maximum absolute atomic E-state index is 13.7. The summed E-state index contributed by atoms with van der Waals surface area (Å²) in [4.78, 5) is 8.09. The normalized spacial score (nSPS) is 12.2. The van der Waals surface area contributed by atoms with Crippen molar-refractivity contribution in [3.63, 3.8) is 0 Å². The summed E-state index contributed by atoms with van der Waals surface area (Å²) >= 11 is 5.66. The van der Waals surface area contributed by atoms with Crippen molar-refractivity contribution in [2.24, 2.45) is 5.73 Å². The number of rotatable bonds is 6. The molecule has 3 heterocycles. The van der Waals surface area contributed by atoms with Crippen molar-refractivity contribution in [2.75, 3.05) is 6.61 Å². The Morgan fingerprint density at radius 2 is 2.12 bits per heavy atom. The van der Waals surface area contributed by atoms with Gasteiger partial charge < -0.3 is 15.6 Å². The number of nitrogens with two attached hydrogens (primary N) is 1. The van der Waals surface area contributed by atoms with Crippen LogP contribution in [0.3, 0.4) is 0 Å². The highest BCUT2D eigenvalue weighted by atomic mass is 35.5. The van der Waals surface area contributed by atoms with Crippen LogP contribution in [0.4, 0.5) is 4.39 Å². The van der Waals surface area contributed by atoms with Gasteiger partial charge in [0.2, 0.25) is 0 Å². The second-order valence-corrected chi connectivity index (χ2v) is 5.70. The van der Waals surface area contributed by atoms with Gasteiger partial charge in [0.05, 0.1) is 35.8 Å². The fraction of sp³-hybridized carbons (Fsp3) is 0.188. The molecular formula is C16H15ClFN5O2. The summed E-state index contributed by atoms with van der Waals surface area (Å²) in [5.41, 5.74) is 7.12. The number of nitrogens with zero attached hydrogens (tertiary/aromatic N) is 4. The number of halogens is 2. The summed E-state index contributed by atoms with van der Waals surface area (Å²) in [6, 6.07) is 5.84. The Hall–Kier alpha value is -2.55. The molecule has 3 N–H and O–H groups in total. The van der Waals surface area contributed by atoms with Gasteiger partial charge in [0, 0.05) is 18.4 Å². The standard InChI is InChI=1S/C16H15ClFN5O2/c17-10-5-13(18)16(21-6-10)25-12-1-2-14(20-7-12)15-3-4-22-23(15)8-11(19)9-24/h1-7,11,24H,8-9,19H2. The number of aromatic nitrogens is 4. The molecule has 0 spiro atoms. The van der Waals surface area contributed by atoms with Crippen molar-refractivity contribution in [1.29, 1.82) is 0 Å². The molecule has 3 aromatic heterocycles. The van der Waals surface area contributed by atoms with Crippen LogP contribution in [0.25, 0.3) is 11.4 Å². The first-order chi connectivity index (χ1) is 12.1. The third-order valence-corrected chi connectivity index (χ3v) is 3.55. The van der Waals surface area contributed by atoms with Gasteiger partial charge in [-0.2, -0.15) is 5.10 Å². The summed E-state index contributed by atoms with van der Waals surface area (Å²) in [5, 5.41) is 13.4. The zero-order valence-electron chi connectivity index (χ0n) is 13.0. The van der Waals surface area contributed by atoms with Crippen LogP contribution in [-0.2, 0) is 6.54 Å². The number of aliphatic hydroxyl groups excluding tert-OH is 1. The van der Waals surface area contributed by atoms with E-state index < -0.39 is 11.9 Å². The van der Waals surface area contributed by atoms with Crippen molar-refractivity contribution >= 4 is 11.6 Å². The molecule has 0 fully saturated rings. The second kappa shape index (κ2) is 7.56. The monoisotopic (exact) mass is 363 g/mol. The Bertz CT molecular complexity index is 856. The molecule has 1 atom stereocenters. The summed E-state index contributed by atoms with van der Waals surface area (Å²) in [6.07, 6.45) is 4.37. The Morgan fingerprint density at radius 1 is 1.28 bits per heavy atom. The number of ether oxygens (including phenoxy) is 1. The largest absolute Gasteiger partial charge is 0.435 e. The van der Waals surface area contributed by atoms with Crippen molar-refractivity contribution < 1.29 is 14.2 Å². The van der Waals surface area contributed by atoms with Gasteiger partial charge in [0.15, 0.2) is 5.82 Å². The van der Waals surface area contributed by atoms with Gasteiger partial charge in [-0.1, -0.05) is 11.6 Å². The van der Waals surface area contributed by atoms with Crippen molar-refractivity contribution in [2.45, 2.75) is 12.6 Å². The van der Waals surface area contributed by atoms with Gasteiger partial charge in [-0.25, -0.2) is 9.37 Å². The quantitative estimate of drug-likeness (QED) is 0.696. The van der Waals surface area contributed by atoms with E-state index in [1.165, 1.54) is 12.4 Å². The molecule has 3 rings (SSSR count). The summed E-state index contributed by atoms with van der Waals surface area (Å²) in [6.45, 7) is 0.220. The van der Waals surface area contributed by atoms with Gasteiger partial charge in [0.1, 0.15) is 5.75 Å². The fourth-order valence-corrected chi connectivity index (χ4v) is 2.30. The van der Waals surface area contributed by atoms with E-state index in [9.17, 15) is 4.39 Å². The van der Waals surface area contributed by atoms with Crippen LogP contribution in [0.15, 0.2) is 42.9 Å². The predicted molar refractivity (Wildman–Crippen MR) is 89.8 cm³/mol. The van der Waals surface area contributed by atoms with Crippen LogP contribution < -0.4 is 10.5 Å². The summed E-state index contributed by atoms with van der Waals surface area (Å²) in [7, 11) is 0. The van der Waals surface area contributed by atoms with E-state index in [1.807, 2.05) is 0 Å². The molecule has 0 amide bonds. The minimum Gasteiger partial charge on any atom is -0.435 e. The van der Waals surface area contributed by atoms with Crippen LogP contribution in [0, 0.1) is 5.82 Å². The Labute approximate surface area is 147 Å². The minimum absolute atomic E-state index is 0.140. The highest BCUT2D eigenvalue weighted by Crippen LogP contribution is 2.25. The first-order valence-corrected chi connectivity index (χ1v) is 7.78. The molecule has 0 radical (unpaired) electrons.